The molecule has 0 fully saturated rings. The Morgan fingerprint density at radius 1 is 0.588 bits per heavy atom. The first kappa shape index (κ1) is 25.2. The van der Waals surface area contributed by atoms with Gasteiger partial charge in [0.25, 0.3) is 20.2 Å². The maximum Gasteiger partial charge on any atom is 0.294 e. The van der Waals surface area contributed by atoms with Crippen LogP contribution in [0.1, 0.15) is 11.1 Å². The van der Waals surface area contributed by atoms with Gasteiger partial charge in [-0.3, -0.25) is 9.11 Å². The number of H-pyrrole nitrogens is 2. The van der Waals surface area contributed by atoms with Gasteiger partial charge in [0.15, 0.2) is 0 Å². The molecule has 34 heavy (non-hydrogen) atoms. The summed E-state index contributed by atoms with van der Waals surface area (Å²) in [7, 11) is -8.17. The van der Waals surface area contributed by atoms with Crippen LogP contribution in [0.3, 0.4) is 0 Å². The maximum absolute atomic E-state index is 10.7. The molecule has 0 bridgehead atoms. The van der Waals surface area contributed by atoms with Crippen LogP contribution in [0.5, 0.6) is 0 Å². The Kier molecular flexibility index (Phi) is 7.57. The van der Waals surface area contributed by atoms with Crippen LogP contribution in [0, 0.1) is 13.8 Å². The summed E-state index contributed by atoms with van der Waals surface area (Å²) in [6, 6.07) is 20.6. The third-order valence-electron chi connectivity index (χ3n) is 5.07. The summed E-state index contributed by atoms with van der Waals surface area (Å²) in [5.74, 6) is 0. The molecule has 8 nitrogen and oxygen atoms in total. The highest BCUT2D eigenvalue weighted by molar-refractivity contribution is 7.86. The van der Waals surface area contributed by atoms with Gasteiger partial charge in [-0.1, -0.05) is 24.3 Å². The van der Waals surface area contributed by atoms with Crippen molar-refractivity contribution in [1.29, 1.82) is 0 Å². The van der Waals surface area contributed by atoms with E-state index in [0.29, 0.717) is 0 Å². The molecule has 0 spiro atoms. The molecule has 0 aliphatic rings. The number of aryl methyl sites for hydroxylation is 2. The second kappa shape index (κ2) is 10.2. The molecular formula is C24H24N2O6S2. The highest BCUT2D eigenvalue weighted by atomic mass is 32.2. The lowest BCUT2D eigenvalue weighted by molar-refractivity contribution is 0.481. The maximum atomic E-state index is 10.7. The van der Waals surface area contributed by atoms with E-state index in [1.807, 2.05) is 0 Å². The quantitative estimate of drug-likeness (QED) is 0.248. The number of rotatable bonds is 2. The Morgan fingerprint density at radius 3 is 1.29 bits per heavy atom. The Hall–Kier alpha value is -3.44. The first-order valence-electron chi connectivity index (χ1n) is 10.1. The van der Waals surface area contributed by atoms with Crippen molar-refractivity contribution in [2.75, 3.05) is 0 Å². The van der Waals surface area contributed by atoms with E-state index in [1.165, 1.54) is 35.4 Å². The van der Waals surface area contributed by atoms with Crippen LogP contribution in [-0.2, 0) is 20.2 Å². The molecule has 3 aromatic carbocycles. The molecule has 0 saturated heterocycles. The number of hydrogen-bond donors (Lipinski definition) is 4. The van der Waals surface area contributed by atoms with Crippen LogP contribution in [0.2, 0.25) is 0 Å². The second-order valence-corrected chi connectivity index (χ2v) is 10.3. The number of aromatic nitrogens is 2. The summed E-state index contributed by atoms with van der Waals surface area (Å²) in [6.45, 7) is 4.24. The van der Waals surface area contributed by atoms with Crippen LogP contribution >= 0.6 is 0 Å². The van der Waals surface area contributed by atoms with Gasteiger partial charge in [-0.25, -0.2) is 0 Å². The molecule has 0 aliphatic carbocycles. The van der Waals surface area contributed by atoms with Crippen LogP contribution in [0.15, 0.2) is 95.0 Å². The predicted molar refractivity (Wildman–Crippen MR) is 132 cm³/mol. The number of hydrogen-bond acceptors (Lipinski definition) is 4. The highest BCUT2D eigenvalue weighted by Crippen LogP contribution is 2.18. The Labute approximate surface area is 197 Å². The van der Waals surface area contributed by atoms with E-state index in [-0.39, 0.29) is 9.79 Å². The zero-order valence-corrected chi connectivity index (χ0v) is 20.1. The molecule has 4 N–H and O–H groups in total. The molecule has 5 aromatic rings. The first-order valence-corrected chi connectivity index (χ1v) is 12.9. The second-order valence-electron chi connectivity index (χ2n) is 7.49. The minimum atomic E-state index is -4.09. The largest absolute Gasteiger partial charge is 0.361 e. The monoisotopic (exact) mass is 500 g/mol. The van der Waals surface area contributed by atoms with Gasteiger partial charge in [-0.15, -0.1) is 0 Å². The Balaban J connectivity index is 0.000000148. The van der Waals surface area contributed by atoms with E-state index >= 15 is 0 Å². The van der Waals surface area contributed by atoms with Gasteiger partial charge in [0.2, 0.25) is 0 Å². The number of nitrogens with one attached hydrogen (secondary N) is 2. The lowest BCUT2D eigenvalue weighted by Gasteiger charge is -1.95. The van der Waals surface area contributed by atoms with Crippen LogP contribution < -0.4 is 0 Å². The topological polar surface area (TPSA) is 140 Å². The summed E-state index contributed by atoms with van der Waals surface area (Å²) in [6.07, 6.45) is 3.41. The van der Waals surface area contributed by atoms with E-state index in [9.17, 15) is 16.8 Å². The van der Waals surface area contributed by atoms with Crippen molar-refractivity contribution in [3.05, 3.63) is 96.3 Å². The molecule has 0 atom stereocenters. The number of fused-ring (bicyclic) bond motifs is 2. The zero-order chi connectivity index (χ0) is 24.9. The molecule has 178 valence electrons. The SMILES string of the molecule is Cc1ccccc1C.O=S(=O)(O)c1ccc2[nH]ccc2c1.O=S(=O)(O)c1ccc2[nH]ccc2c1. The van der Waals surface area contributed by atoms with Crippen LogP contribution in [0.25, 0.3) is 21.8 Å². The van der Waals surface area contributed by atoms with E-state index in [4.69, 9.17) is 9.11 Å². The summed E-state index contributed by atoms with van der Waals surface area (Å²) in [5, 5.41) is 1.52. The highest BCUT2D eigenvalue weighted by Gasteiger charge is 2.10. The van der Waals surface area contributed by atoms with Crippen molar-refractivity contribution < 1.29 is 25.9 Å². The van der Waals surface area contributed by atoms with E-state index < -0.39 is 20.2 Å². The molecule has 0 radical (unpaired) electrons. The molecule has 0 unspecified atom stereocenters. The van der Waals surface area contributed by atoms with Gasteiger partial charge in [0.05, 0.1) is 9.79 Å². The summed E-state index contributed by atoms with van der Waals surface area (Å²) in [4.78, 5) is 5.68. The zero-order valence-electron chi connectivity index (χ0n) is 18.4. The smallest absolute Gasteiger partial charge is 0.294 e. The van der Waals surface area contributed by atoms with E-state index in [2.05, 4.69) is 48.1 Å². The molecule has 0 saturated carbocycles. The predicted octanol–water partition coefficient (Wildman–Crippen LogP) is 5.13. The summed E-state index contributed by atoms with van der Waals surface area (Å²) < 4.78 is 60.5. The van der Waals surface area contributed by atoms with Crippen molar-refractivity contribution in [2.24, 2.45) is 0 Å². The summed E-state index contributed by atoms with van der Waals surface area (Å²) >= 11 is 0. The molecule has 0 amide bonds. The van der Waals surface area contributed by atoms with Gasteiger partial charge >= 0.3 is 0 Å². The van der Waals surface area contributed by atoms with Gasteiger partial charge in [0, 0.05) is 34.2 Å². The van der Waals surface area contributed by atoms with Gasteiger partial charge < -0.3 is 9.97 Å². The molecule has 5 rings (SSSR count). The lowest BCUT2D eigenvalue weighted by atomic mass is 10.1. The average molecular weight is 501 g/mol. The number of aromatic amines is 2. The molecule has 10 heteroatoms. The third kappa shape index (κ3) is 6.55. The van der Waals surface area contributed by atoms with Crippen molar-refractivity contribution >= 4 is 42.0 Å². The van der Waals surface area contributed by atoms with Gasteiger partial charge in [-0.05, 0) is 73.5 Å². The fraction of sp³-hybridized carbons (Fsp3) is 0.0833. The van der Waals surface area contributed by atoms with Gasteiger partial charge in [-0.2, -0.15) is 16.8 Å². The van der Waals surface area contributed by atoms with Crippen LogP contribution in [0.4, 0.5) is 0 Å². The van der Waals surface area contributed by atoms with E-state index in [0.717, 1.165) is 21.8 Å². The first-order chi connectivity index (χ1) is 15.9. The minimum absolute atomic E-state index is 0.0837. The van der Waals surface area contributed by atoms with Gasteiger partial charge in [0.1, 0.15) is 0 Å². The van der Waals surface area contributed by atoms with Crippen LogP contribution in [-0.4, -0.2) is 35.9 Å². The molecule has 2 heterocycles. The number of benzene rings is 3. The van der Waals surface area contributed by atoms with Crippen molar-refractivity contribution in [3.8, 4) is 0 Å². The van der Waals surface area contributed by atoms with E-state index in [1.54, 1.807) is 36.7 Å². The average Bonchev–Trinajstić information content (AvgIpc) is 3.43. The molecular weight excluding hydrogens is 476 g/mol. The minimum Gasteiger partial charge on any atom is -0.361 e. The third-order valence-corrected chi connectivity index (χ3v) is 6.77. The fourth-order valence-corrected chi connectivity index (χ4v) is 4.08. The molecule has 2 aromatic heterocycles. The van der Waals surface area contributed by atoms with Crippen molar-refractivity contribution in [1.82, 2.24) is 9.97 Å². The summed E-state index contributed by atoms with van der Waals surface area (Å²) in [5.41, 5.74) is 4.42. The fourth-order valence-electron chi connectivity index (χ4n) is 3.05. The Morgan fingerprint density at radius 2 is 0.971 bits per heavy atom. The van der Waals surface area contributed by atoms with Crippen molar-refractivity contribution in [2.45, 2.75) is 23.6 Å². The Bertz CT molecular complexity index is 1510. The normalized spacial score (nSPS) is 11.4. The lowest BCUT2D eigenvalue weighted by Crippen LogP contribution is -1.96. The van der Waals surface area contributed by atoms with Crippen molar-refractivity contribution in [3.63, 3.8) is 0 Å². The molecule has 0 aliphatic heterocycles. The standard InChI is InChI=1S/2C8H7NO3S.C8H10/c2*10-13(11,12)7-1-2-8-6(5-7)3-4-9-8;1-7-5-3-4-6-8(7)2/h2*1-5,9H,(H,10,11,12);3-6H,1-2H3.